The predicted octanol–water partition coefficient (Wildman–Crippen LogP) is 3.24. The molecule has 1 N–H and O–H groups in total. The minimum Gasteiger partial charge on any atom is -0.467 e. The summed E-state index contributed by atoms with van der Waals surface area (Å²) in [6, 6.07) is 2.09. The highest BCUT2D eigenvalue weighted by atomic mass is 16.5. The highest BCUT2D eigenvalue weighted by Gasteiger charge is 2.15. The van der Waals surface area contributed by atoms with Gasteiger partial charge in [0, 0.05) is 12.1 Å². The zero-order valence-corrected chi connectivity index (χ0v) is 10.7. The van der Waals surface area contributed by atoms with Gasteiger partial charge in [0.2, 0.25) is 0 Å². The van der Waals surface area contributed by atoms with E-state index >= 15 is 0 Å². The Morgan fingerprint density at radius 1 is 1.41 bits per heavy atom. The van der Waals surface area contributed by atoms with Crippen LogP contribution in [0.15, 0.2) is 16.7 Å². The Morgan fingerprint density at radius 2 is 2.24 bits per heavy atom. The van der Waals surface area contributed by atoms with Crippen molar-refractivity contribution in [2.45, 2.75) is 58.3 Å². The zero-order valence-electron chi connectivity index (χ0n) is 10.7. The Balaban J connectivity index is 1.69. The molecule has 3 heteroatoms. The van der Waals surface area contributed by atoms with Gasteiger partial charge in [0.15, 0.2) is 0 Å². The topological polar surface area (TPSA) is 34.4 Å². The van der Waals surface area contributed by atoms with Crippen LogP contribution in [0.4, 0.5) is 0 Å². The first kappa shape index (κ1) is 12.7. The van der Waals surface area contributed by atoms with E-state index in [9.17, 15) is 0 Å². The molecule has 1 heterocycles. The van der Waals surface area contributed by atoms with E-state index in [0.717, 1.165) is 25.3 Å². The summed E-state index contributed by atoms with van der Waals surface area (Å²) in [6.07, 6.45) is 8.51. The van der Waals surface area contributed by atoms with Crippen LogP contribution in [0.1, 0.15) is 50.4 Å². The molecule has 0 aliphatic heterocycles. The lowest BCUT2D eigenvalue weighted by Gasteiger charge is -2.08. The number of ether oxygens (including phenoxy) is 1. The van der Waals surface area contributed by atoms with E-state index in [1.165, 1.54) is 31.2 Å². The smallest absolute Gasteiger partial charge is 0.129 e. The van der Waals surface area contributed by atoms with Crippen molar-refractivity contribution in [3.05, 3.63) is 23.7 Å². The van der Waals surface area contributed by atoms with Gasteiger partial charge in [0.05, 0.1) is 12.4 Å². The van der Waals surface area contributed by atoms with E-state index in [4.69, 9.17) is 9.15 Å². The van der Waals surface area contributed by atoms with Crippen molar-refractivity contribution < 1.29 is 9.15 Å². The third-order valence-electron chi connectivity index (χ3n) is 3.23. The largest absolute Gasteiger partial charge is 0.467 e. The molecule has 1 aromatic rings. The number of furan rings is 1. The fraction of sp³-hybridized carbons (Fsp3) is 0.714. The summed E-state index contributed by atoms with van der Waals surface area (Å²) < 4.78 is 11.3. The molecule has 0 unspecified atom stereocenters. The van der Waals surface area contributed by atoms with Crippen molar-refractivity contribution in [2.24, 2.45) is 0 Å². The van der Waals surface area contributed by atoms with Crippen LogP contribution in [0.5, 0.6) is 0 Å². The van der Waals surface area contributed by atoms with Crippen LogP contribution in [0.25, 0.3) is 0 Å². The standard InChI is InChI=1S/C14H23NO2/c1-2-7-15-9-12-8-14(16-10-12)11-17-13-5-3-4-6-13/h8,10,13,15H,2-7,9,11H2,1H3. The summed E-state index contributed by atoms with van der Waals surface area (Å²) in [7, 11) is 0. The summed E-state index contributed by atoms with van der Waals surface area (Å²) in [5.41, 5.74) is 1.21. The van der Waals surface area contributed by atoms with E-state index in [0.29, 0.717) is 12.7 Å². The molecule has 96 valence electrons. The van der Waals surface area contributed by atoms with E-state index < -0.39 is 0 Å². The van der Waals surface area contributed by atoms with Crippen LogP contribution in [-0.2, 0) is 17.9 Å². The molecule has 0 spiro atoms. The normalized spacial score (nSPS) is 16.8. The molecule has 17 heavy (non-hydrogen) atoms. The molecule has 0 bridgehead atoms. The molecule has 1 fully saturated rings. The van der Waals surface area contributed by atoms with Crippen LogP contribution >= 0.6 is 0 Å². The Bertz CT molecular complexity index is 316. The maximum atomic E-state index is 5.81. The van der Waals surface area contributed by atoms with Gasteiger partial charge in [-0.3, -0.25) is 0 Å². The molecular weight excluding hydrogens is 214 g/mol. The van der Waals surface area contributed by atoms with Gasteiger partial charge in [-0.05, 0) is 31.9 Å². The van der Waals surface area contributed by atoms with Crippen molar-refractivity contribution in [2.75, 3.05) is 6.54 Å². The van der Waals surface area contributed by atoms with Gasteiger partial charge in [-0.1, -0.05) is 19.8 Å². The lowest BCUT2D eigenvalue weighted by Crippen LogP contribution is -2.13. The molecule has 0 radical (unpaired) electrons. The van der Waals surface area contributed by atoms with Gasteiger partial charge in [0.1, 0.15) is 12.4 Å². The molecule has 0 saturated heterocycles. The molecule has 0 amide bonds. The van der Waals surface area contributed by atoms with Crippen molar-refractivity contribution in [3.8, 4) is 0 Å². The lowest BCUT2D eigenvalue weighted by molar-refractivity contribution is 0.0357. The van der Waals surface area contributed by atoms with Crippen LogP contribution in [0.3, 0.4) is 0 Å². The number of hydrogen-bond donors (Lipinski definition) is 1. The van der Waals surface area contributed by atoms with E-state index in [-0.39, 0.29) is 0 Å². The fourth-order valence-corrected chi connectivity index (χ4v) is 2.26. The van der Waals surface area contributed by atoms with Gasteiger partial charge >= 0.3 is 0 Å². The molecule has 0 aromatic carbocycles. The summed E-state index contributed by atoms with van der Waals surface area (Å²) in [4.78, 5) is 0. The zero-order chi connectivity index (χ0) is 11.9. The minimum atomic E-state index is 0.460. The average Bonchev–Trinajstić information content (AvgIpc) is 2.98. The first-order valence-corrected chi connectivity index (χ1v) is 6.77. The van der Waals surface area contributed by atoms with Crippen LogP contribution in [0, 0.1) is 0 Å². The Labute approximate surface area is 104 Å². The van der Waals surface area contributed by atoms with Gasteiger partial charge in [-0.15, -0.1) is 0 Å². The second-order valence-corrected chi connectivity index (χ2v) is 4.82. The summed E-state index contributed by atoms with van der Waals surface area (Å²) in [5, 5.41) is 3.36. The molecule has 1 saturated carbocycles. The monoisotopic (exact) mass is 237 g/mol. The van der Waals surface area contributed by atoms with Gasteiger partial charge < -0.3 is 14.5 Å². The van der Waals surface area contributed by atoms with Gasteiger partial charge in [0.25, 0.3) is 0 Å². The minimum absolute atomic E-state index is 0.460. The summed E-state index contributed by atoms with van der Waals surface area (Å²) >= 11 is 0. The lowest BCUT2D eigenvalue weighted by atomic mass is 10.3. The molecule has 1 aliphatic rings. The first-order valence-electron chi connectivity index (χ1n) is 6.77. The highest BCUT2D eigenvalue weighted by Crippen LogP contribution is 2.22. The van der Waals surface area contributed by atoms with E-state index in [1.807, 2.05) is 6.26 Å². The third-order valence-corrected chi connectivity index (χ3v) is 3.23. The Hall–Kier alpha value is -0.800. The molecule has 1 aromatic heterocycles. The van der Waals surface area contributed by atoms with Crippen molar-refractivity contribution in [1.82, 2.24) is 5.32 Å². The molecule has 3 nitrogen and oxygen atoms in total. The third kappa shape index (κ3) is 4.17. The summed E-state index contributed by atoms with van der Waals surface area (Å²) in [5.74, 6) is 0.949. The Kier molecular flexibility index (Phi) is 5.08. The second kappa shape index (κ2) is 6.82. The molecule has 0 atom stereocenters. The maximum absolute atomic E-state index is 5.81. The van der Waals surface area contributed by atoms with Crippen molar-refractivity contribution >= 4 is 0 Å². The number of rotatable bonds is 7. The van der Waals surface area contributed by atoms with Gasteiger partial charge in [-0.25, -0.2) is 0 Å². The fourth-order valence-electron chi connectivity index (χ4n) is 2.26. The number of hydrogen-bond acceptors (Lipinski definition) is 3. The predicted molar refractivity (Wildman–Crippen MR) is 67.8 cm³/mol. The van der Waals surface area contributed by atoms with Crippen molar-refractivity contribution in [3.63, 3.8) is 0 Å². The van der Waals surface area contributed by atoms with Gasteiger partial charge in [-0.2, -0.15) is 0 Å². The van der Waals surface area contributed by atoms with Crippen LogP contribution in [0.2, 0.25) is 0 Å². The van der Waals surface area contributed by atoms with Crippen molar-refractivity contribution in [1.29, 1.82) is 0 Å². The molecule has 2 rings (SSSR count). The maximum Gasteiger partial charge on any atom is 0.129 e. The SMILES string of the molecule is CCCNCc1coc(COC2CCCC2)c1. The van der Waals surface area contributed by atoms with Crippen LogP contribution in [-0.4, -0.2) is 12.6 Å². The Morgan fingerprint density at radius 3 is 3.00 bits per heavy atom. The number of nitrogens with one attached hydrogen (secondary N) is 1. The molecular formula is C14H23NO2. The van der Waals surface area contributed by atoms with E-state index in [2.05, 4.69) is 18.3 Å². The highest BCUT2D eigenvalue weighted by molar-refractivity contribution is 5.12. The summed E-state index contributed by atoms with van der Waals surface area (Å²) in [6.45, 7) is 4.74. The quantitative estimate of drug-likeness (QED) is 0.739. The average molecular weight is 237 g/mol. The second-order valence-electron chi connectivity index (χ2n) is 4.82. The van der Waals surface area contributed by atoms with Crippen LogP contribution < -0.4 is 5.32 Å². The van der Waals surface area contributed by atoms with E-state index in [1.54, 1.807) is 0 Å². The first-order chi connectivity index (χ1) is 8.38. The molecule has 1 aliphatic carbocycles.